The predicted octanol–water partition coefficient (Wildman–Crippen LogP) is 4.13. The standard InChI is InChI=1S/C21H16Cl2N4O4/c22-13-5-6-15(23)18(9-13)31-20-14(10-24-12-25-20)21(30)27-8-7-26(11-19(28)29)16-3-1-2-4-17(16)27/h1-6,9-10,12H,7-8,11H2,(H,28,29). The fourth-order valence-electron chi connectivity index (χ4n) is 3.31. The van der Waals surface area contributed by atoms with E-state index >= 15 is 0 Å². The normalized spacial score (nSPS) is 13.0. The molecule has 0 saturated carbocycles. The number of aromatic nitrogens is 2. The molecule has 1 N–H and O–H groups in total. The van der Waals surface area contributed by atoms with Crippen molar-refractivity contribution in [3.05, 3.63) is 70.6 Å². The average Bonchev–Trinajstić information content (AvgIpc) is 2.76. The number of benzene rings is 2. The van der Waals surface area contributed by atoms with Crippen LogP contribution in [-0.4, -0.2) is 46.6 Å². The molecule has 3 aromatic rings. The third kappa shape index (κ3) is 4.40. The van der Waals surface area contributed by atoms with Crippen LogP contribution in [0.3, 0.4) is 0 Å². The summed E-state index contributed by atoms with van der Waals surface area (Å²) in [5.74, 6) is -1.03. The number of carbonyl (C=O) groups is 2. The number of aliphatic carboxylic acids is 1. The van der Waals surface area contributed by atoms with E-state index in [9.17, 15) is 14.7 Å². The Labute approximate surface area is 187 Å². The van der Waals surface area contributed by atoms with Crippen molar-refractivity contribution in [1.82, 2.24) is 9.97 Å². The van der Waals surface area contributed by atoms with E-state index in [0.29, 0.717) is 28.0 Å². The van der Waals surface area contributed by atoms with Gasteiger partial charge in [-0.1, -0.05) is 35.3 Å². The van der Waals surface area contributed by atoms with E-state index in [2.05, 4.69) is 9.97 Å². The molecule has 0 radical (unpaired) electrons. The lowest BCUT2D eigenvalue weighted by molar-refractivity contribution is -0.135. The summed E-state index contributed by atoms with van der Waals surface area (Å²) in [7, 11) is 0. The average molecular weight is 459 g/mol. The number of carboxylic acids is 1. The van der Waals surface area contributed by atoms with Crippen LogP contribution in [0.25, 0.3) is 0 Å². The van der Waals surface area contributed by atoms with E-state index in [0.717, 1.165) is 0 Å². The predicted molar refractivity (Wildman–Crippen MR) is 117 cm³/mol. The SMILES string of the molecule is O=C(O)CN1CCN(C(=O)c2cncnc2Oc2cc(Cl)ccc2Cl)c2ccccc21. The van der Waals surface area contributed by atoms with Crippen molar-refractivity contribution in [1.29, 1.82) is 0 Å². The van der Waals surface area contributed by atoms with Crippen LogP contribution >= 0.6 is 23.2 Å². The molecule has 2 aromatic carbocycles. The van der Waals surface area contributed by atoms with Crippen LogP contribution in [0.15, 0.2) is 55.0 Å². The molecule has 0 saturated heterocycles. The van der Waals surface area contributed by atoms with Gasteiger partial charge in [0.25, 0.3) is 5.91 Å². The summed E-state index contributed by atoms with van der Waals surface area (Å²) in [6, 6.07) is 11.9. The number of para-hydroxylation sites is 2. The van der Waals surface area contributed by atoms with Gasteiger partial charge in [-0.25, -0.2) is 9.97 Å². The first-order chi connectivity index (χ1) is 14.9. The number of hydrogen-bond donors (Lipinski definition) is 1. The molecule has 0 bridgehead atoms. The minimum absolute atomic E-state index is 0.0367. The Hall–Kier alpha value is -3.36. The molecule has 4 rings (SSSR count). The number of hydrogen-bond acceptors (Lipinski definition) is 6. The fourth-order valence-corrected chi connectivity index (χ4v) is 3.63. The second-order valence-corrected chi connectivity index (χ2v) is 7.52. The highest BCUT2D eigenvalue weighted by Crippen LogP contribution is 2.36. The maximum absolute atomic E-state index is 13.4. The minimum atomic E-state index is -0.944. The molecule has 0 atom stereocenters. The topological polar surface area (TPSA) is 95.9 Å². The number of anilines is 2. The molecule has 0 aliphatic carbocycles. The lowest BCUT2D eigenvalue weighted by Gasteiger charge is -2.37. The van der Waals surface area contributed by atoms with Crippen molar-refractivity contribution in [2.45, 2.75) is 0 Å². The summed E-state index contributed by atoms with van der Waals surface area (Å²) in [6.45, 7) is 0.490. The first-order valence-corrected chi connectivity index (χ1v) is 10.00. The van der Waals surface area contributed by atoms with Crippen molar-refractivity contribution < 1.29 is 19.4 Å². The number of amides is 1. The molecular formula is C21H16Cl2N4O4. The minimum Gasteiger partial charge on any atom is -0.480 e. The highest BCUT2D eigenvalue weighted by atomic mass is 35.5. The van der Waals surface area contributed by atoms with Gasteiger partial charge in [-0.2, -0.15) is 0 Å². The first-order valence-electron chi connectivity index (χ1n) is 9.24. The second-order valence-electron chi connectivity index (χ2n) is 6.68. The van der Waals surface area contributed by atoms with Crippen molar-refractivity contribution in [3.8, 4) is 11.6 Å². The Morgan fingerprint density at radius 3 is 2.65 bits per heavy atom. The van der Waals surface area contributed by atoms with Crippen molar-refractivity contribution in [2.75, 3.05) is 29.4 Å². The molecule has 1 aliphatic heterocycles. The van der Waals surface area contributed by atoms with Gasteiger partial charge in [-0.3, -0.25) is 9.59 Å². The maximum Gasteiger partial charge on any atom is 0.323 e. The van der Waals surface area contributed by atoms with E-state index in [1.807, 2.05) is 0 Å². The van der Waals surface area contributed by atoms with Crippen molar-refractivity contribution in [3.63, 3.8) is 0 Å². The Morgan fingerprint density at radius 2 is 1.87 bits per heavy atom. The summed E-state index contributed by atoms with van der Waals surface area (Å²) < 4.78 is 5.79. The number of fused-ring (bicyclic) bond motifs is 1. The second kappa shape index (κ2) is 8.79. The first kappa shape index (κ1) is 20.9. The molecule has 0 spiro atoms. The molecule has 31 heavy (non-hydrogen) atoms. The summed E-state index contributed by atoms with van der Waals surface area (Å²) >= 11 is 12.2. The lowest BCUT2D eigenvalue weighted by atomic mass is 10.1. The van der Waals surface area contributed by atoms with Gasteiger partial charge in [0.05, 0.1) is 16.4 Å². The molecule has 1 aliphatic rings. The third-order valence-electron chi connectivity index (χ3n) is 4.68. The van der Waals surface area contributed by atoms with Crippen LogP contribution in [-0.2, 0) is 4.79 Å². The zero-order valence-electron chi connectivity index (χ0n) is 16.0. The van der Waals surface area contributed by atoms with Gasteiger partial charge in [-0.15, -0.1) is 0 Å². The third-order valence-corrected chi connectivity index (χ3v) is 5.23. The van der Waals surface area contributed by atoms with Gasteiger partial charge >= 0.3 is 5.97 Å². The van der Waals surface area contributed by atoms with Crippen LogP contribution in [0.5, 0.6) is 11.6 Å². The zero-order valence-corrected chi connectivity index (χ0v) is 17.5. The van der Waals surface area contributed by atoms with E-state index in [1.54, 1.807) is 46.2 Å². The number of nitrogens with zero attached hydrogens (tertiary/aromatic N) is 4. The molecule has 1 aromatic heterocycles. The Morgan fingerprint density at radius 1 is 1.10 bits per heavy atom. The van der Waals surface area contributed by atoms with Gasteiger partial charge in [-0.05, 0) is 24.3 Å². The smallest absolute Gasteiger partial charge is 0.323 e. The van der Waals surface area contributed by atoms with Gasteiger partial charge in [0.1, 0.15) is 24.2 Å². The van der Waals surface area contributed by atoms with E-state index in [-0.39, 0.29) is 36.2 Å². The number of ether oxygens (including phenoxy) is 1. The van der Waals surface area contributed by atoms with Crippen LogP contribution < -0.4 is 14.5 Å². The number of carbonyl (C=O) groups excluding carboxylic acids is 1. The molecular weight excluding hydrogens is 443 g/mol. The summed E-state index contributed by atoms with van der Waals surface area (Å²) in [6.07, 6.45) is 2.64. The monoisotopic (exact) mass is 458 g/mol. The van der Waals surface area contributed by atoms with E-state index in [1.165, 1.54) is 18.6 Å². The Kier molecular flexibility index (Phi) is 5.92. The number of halogens is 2. The van der Waals surface area contributed by atoms with Gasteiger partial charge < -0.3 is 19.6 Å². The molecule has 10 heteroatoms. The van der Waals surface area contributed by atoms with Crippen LogP contribution in [0, 0.1) is 0 Å². The molecule has 2 heterocycles. The molecule has 0 unspecified atom stereocenters. The highest BCUT2D eigenvalue weighted by molar-refractivity contribution is 6.34. The quantitative estimate of drug-likeness (QED) is 0.613. The van der Waals surface area contributed by atoms with Gasteiger partial charge in [0, 0.05) is 30.4 Å². The largest absolute Gasteiger partial charge is 0.480 e. The fraction of sp³-hybridized carbons (Fsp3) is 0.143. The maximum atomic E-state index is 13.4. The molecule has 1 amide bonds. The lowest BCUT2D eigenvalue weighted by Crippen LogP contribution is -2.45. The van der Waals surface area contributed by atoms with Crippen molar-refractivity contribution >= 4 is 46.5 Å². The molecule has 0 fully saturated rings. The summed E-state index contributed by atoms with van der Waals surface area (Å²) in [5, 5.41) is 9.92. The summed E-state index contributed by atoms with van der Waals surface area (Å²) in [5.41, 5.74) is 1.39. The van der Waals surface area contributed by atoms with Gasteiger partial charge in [0.2, 0.25) is 5.88 Å². The Balaban J connectivity index is 1.67. The number of rotatable bonds is 5. The van der Waals surface area contributed by atoms with Crippen LogP contribution in [0.4, 0.5) is 11.4 Å². The molecule has 158 valence electrons. The zero-order chi connectivity index (χ0) is 22.0. The Bertz CT molecular complexity index is 1160. The van der Waals surface area contributed by atoms with E-state index in [4.69, 9.17) is 27.9 Å². The highest BCUT2D eigenvalue weighted by Gasteiger charge is 2.30. The van der Waals surface area contributed by atoms with Crippen molar-refractivity contribution in [2.24, 2.45) is 0 Å². The van der Waals surface area contributed by atoms with Gasteiger partial charge in [0.15, 0.2) is 0 Å². The summed E-state index contributed by atoms with van der Waals surface area (Å²) in [4.78, 5) is 36.0. The van der Waals surface area contributed by atoms with E-state index < -0.39 is 5.97 Å². The van der Waals surface area contributed by atoms with Crippen LogP contribution in [0.2, 0.25) is 10.0 Å². The molecule has 8 nitrogen and oxygen atoms in total. The number of carboxylic acid groups (broad SMARTS) is 1. The van der Waals surface area contributed by atoms with Crippen LogP contribution in [0.1, 0.15) is 10.4 Å².